The summed E-state index contributed by atoms with van der Waals surface area (Å²) < 4.78 is 14.0. The first-order valence-corrected chi connectivity index (χ1v) is 6.06. The number of nitrogens with zero attached hydrogens (tertiary/aromatic N) is 1. The van der Waals surface area contributed by atoms with Gasteiger partial charge in [-0.15, -0.1) is 0 Å². The SMILES string of the molecule is CC1CN(c2ccc(C(=N)N)cc2F)CCC1O. The van der Waals surface area contributed by atoms with E-state index in [0.717, 1.165) is 0 Å². The molecule has 0 aromatic heterocycles. The molecule has 0 saturated carbocycles. The molecule has 98 valence electrons. The van der Waals surface area contributed by atoms with Gasteiger partial charge in [0.15, 0.2) is 0 Å². The highest BCUT2D eigenvalue weighted by Gasteiger charge is 2.25. The molecule has 1 fully saturated rings. The maximum absolute atomic E-state index is 14.0. The summed E-state index contributed by atoms with van der Waals surface area (Å²) in [5.74, 6) is -0.375. The molecule has 1 aliphatic heterocycles. The molecule has 0 radical (unpaired) electrons. The van der Waals surface area contributed by atoms with E-state index >= 15 is 0 Å². The summed E-state index contributed by atoms with van der Waals surface area (Å²) >= 11 is 0. The van der Waals surface area contributed by atoms with Crippen LogP contribution in [-0.4, -0.2) is 30.1 Å². The first-order chi connectivity index (χ1) is 8.49. The van der Waals surface area contributed by atoms with Gasteiger partial charge in [-0.1, -0.05) is 6.92 Å². The van der Waals surface area contributed by atoms with E-state index in [1.165, 1.54) is 6.07 Å². The lowest BCUT2D eigenvalue weighted by Gasteiger charge is -2.36. The van der Waals surface area contributed by atoms with Crippen molar-refractivity contribution in [2.45, 2.75) is 19.4 Å². The van der Waals surface area contributed by atoms with Gasteiger partial charge in [0.2, 0.25) is 0 Å². The smallest absolute Gasteiger partial charge is 0.147 e. The Morgan fingerprint density at radius 1 is 1.56 bits per heavy atom. The molecule has 0 spiro atoms. The number of benzene rings is 1. The Labute approximate surface area is 106 Å². The van der Waals surface area contributed by atoms with Gasteiger partial charge in [-0.2, -0.15) is 0 Å². The van der Waals surface area contributed by atoms with Crippen LogP contribution in [0.1, 0.15) is 18.9 Å². The molecule has 4 nitrogen and oxygen atoms in total. The lowest BCUT2D eigenvalue weighted by Crippen LogP contribution is -2.42. The molecule has 5 heteroatoms. The van der Waals surface area contributed by atoms with Crippen molar-refractivity contribution in [3.8, 4) is 0 Å². The van der Waals surface area contributed by atoms with Crippen molar-refractivity contribution in [2.75, 3.05) is 18.0 Å². The molecule has 18 heavy (non-hydrogen) atoms. The summed E-state index contributed by atoms with van der Waals surface area (Å²) in [4.78, 5) is 1.93. The fourth-order valence-corrected chi connectivity index (χ4v) is 2.28. The van der Waals surface area contributed by atoms with Gasteiger partial charge in [0, 0.05) is 18.7 Å². The summed E-state index contributed by atoms with van der Waals surface area (Å²) in [6.45, 7) is 3.23. The molecule has 1 heterocycles. The van der Waals surface area contributed by atoms with Crippen molar-refractivity contribution in [1.29, 1.82) is 5.41 Å². The van der Waals surface area contributed by atoms with E-state index in [0.29, 0.717) is 30.8 Å². The third kappa shape index (κ3) is 2.46. The number of aliphatic hydroxyl groups is 1. The number of hydrogen-bond donors (Lipinski definition) is 3. The molecular weight excluding hydrogens is 233 g/mol. The van der Waals surface area contributed by atoms with E-state index in [-0.39, 0.29) is 23.7 Å². The Hall–Kier alpha value is -1.62. The van der Waals surface area contributed by atoms with Crippen molar-refractivity contribution in [3.05, 3.63) is 29.6 Å². The zero-order valence-electron chi connectivity index (χ0n) is 10.4. The second kappa shape index (κ2) is 4.94. The summed E-state index contributed by atoms with van der Waals surface area (Å²) in [5, 5.41) is 16.9. The van der Waals surface area contributed by atoms with Crippen LogP contribution >= 0.6 is 0 Å². The number of amidine groups is 1. The van der Waals surface area contributed by atoms with Gasteiger partial charge in [-0.3, -0.25) is 5.41 Å². The summed E-state index contributed by atoms with van der Waals surface area (Å²) in [7, 11) is 0. The number of nitrogens with two attached hydrogens (primary N) is 1. The number of aliphatic hydroxyl groups excluding tert-OH is 1. The van der Waals surface area contributed by atoms with Crippen molar-refractivity contribution >= 4 is 11.5 Å². The van der Waals surface area contributed by atoms with Gasteiger partial charge >= 0.3 is 0 Å². The van der Waals surface area contributed by atoms with E-state index in [1.54, 1.807) is 12.1 Å². The van der Waals surface area contributed by atoms with Gasteiger partial charge in [0.25, 0.3) is 0 Å². The lowest BCUT2D eigenvalue weighted by molar-refractivity contribution is 0.0969. The van der Waals surface area contributed by atoms with Crippen LogP contribution in [0, 0.1) is 17.1 Å². The zero-order valence-corrected chi connectivity index (χ0v) is 10.4. The Kier molecular flexibility index (Phi) is 3.52. The van der Waals surface area contributed by atoms with Gasteiger partial charge in [-0.05, 0) is 30.5 Å². The van der Waals surface area contributed by atoms with Crippen molar-refractivity contribution in [1.82, 2.24) is 0 Å². The van der Waals surface area contributed by atoms with Gasteiger partial charge in [0.05, 0.1) is 11.8 Å². The number of halogens is 1. The molecule has 2 atom stereocenters. The average Bonchev–Trinajstić information content (AvgIpc) is 2.32. The minimum Gasteiger partial charge on any atom is -0.393 e. The van der Waals surface area contributed by atoms with Crippen LogP contribution in [0.5, 0.6) is 0 Å². The van der Waals surface area contributed by atoms with E-state index in [4.69, 9.17) is 11.1 Å². The summed E-state index contributed by atoms with van der Waals surface area (Å²) in [5.41, 5.74) is 6.22. The molecule has 1 saturated heterocycles. The topological polar surface area (TPSA) is 73.3 Å². The van der Waals surface area contributed by atoms with Gasteiger partial charge in [0.1, 0.15) is 11.7 Å². The van der Waals surface area contributed by atoms with Crippen LogP contribution in [0.25, 0.3) is 0 Å². The van der Waals surface area contributed by atoms with Gasteiger partial charge < -0.3 is 15.7 Å². The zero-order chi connectivity index (χ0) is 13.3. The number of piperidine rings is 1. The predicted molar refractivity (Wildman–Crippen MR) is 69.4 cm³/mol. The Morgan fingerprint density at radius 2 is 2.28 bits per heavy atom. The molecule has 4 N–H and O–H groups in total. The number of nitrogens with one attached hydrogen (secondary N) is 1. The molecular formula is C13H18FN3O. The highest BCUT2D eigenvalue weighted by molar-refractivity contribution is 5.95. The Bertz CT molecular complexity index is 464. The second-order valence-corrected chi connectivity index (χ2v) is 4.86. The van der Waals surface area contributed by atoms with Crippen LogP contribution < -0.4 is 10.6 Å². The van der Waals surface area contributed by atoms with E-state index < -0.39 is 0 Å². The molecule has 1 aliphatic rings. The molecule has 2 rings (SSSR count). The minimum atomic E-state index is -0.369. The van der Waals surface area contributed by atoms with Crippen molar-refractivity contribution < 1.29 is 9.50 Å². The standard InChI is InChI=1S/C13H18FN3O/c1-8-7-17(5-4-12(8)18)11-3-2-9(13(15)16)6-10(11)14/h2-3,6,8,12,18H,4-5,7H2,1H3,(H3,15,16). The maximum Gasteiger partial charge on any atom is 0.147 e. The summed E-state index contributed by atoms with van der Waals surface area (Å²) in [6, 6.07) is 4.58. The monoisotopic (exact) mass is 251 g/mol. The van der Waals surface area contributed by atoms with Crippen LogP contribution in [0.15, 0.2) is 18.2 Å². The minimum absolute atomic E-state index is 0.130. The number of rotatable bonds is 2. The fourth-order valence-electron chi connectivity index (χ4n) is 2.28. The number of anilines is 1. The third-order valence-corrected chi connectivity index (χ3v) is 3.46. The van der Waals surface area contributed by atoms with Crippen LogP contribution in [0.2, 0.25) is 0 Å². The van der Waals surface area contributed by atoms with Gasteiger partial charge in [-0.25, -0.2) is 4.39 Å². The second-order valence-electron chi connectivity index (χ2n) is 4.86. The normalized spacial score (nSPS) is 24.1. The summed E-state index contributed by atoms with van der Waals surface area (Å²) in [6.07, 6.45) is 0.343. The molecule has 1 aromatic carbocycles. The van der Waals surface area contributed by atoms with Crippen molar-refractivity contribution in [3.63, 3.8) is 0 Å². The molecule has 0 bridgehead atoms. The molecule has 2 unspecified atom stereocenters. The molecule has 1 aromatic rings. The Balaban J connectivity index is 2.21. The highest BCUT2D eigenvalue weighted by Crippen LogP contribution is 2.26. The highest BCUT2D eigenvalue weighted by atomic mass is 19.1. The predicted octanol–water partition coefficient (Wildman–Crippen LogP) is 1.32. The van der Waals surface area contributed by atoms with E-state index in [1.807, 2.05) is 11.8 Å². The van der Waals surface area contributed by atoms with Crippen LogP contribution in [0.3, 0.4) is 0 Å². The lowest BCUT2D eigenvalue weighted by atomic mass is 9.96. The maximum atomic E-state index is 14.0. The molecule has 0 amide bonds. The first-order valence-electron chi connectivity index (χ1n) is 6.06. The fraction of sp³-hybridized carbons (Fsp3) is 0.462. The van der Waals surface area contributed by atoms with Crippen molar-refractivity contribution in [2.24, 2.45) is 11.7 Å². The third-order valence-electron chi connectivity index (χ3n) is 3.46. The number of nitrogen functional groups attached to an aromatic ring is 1. The first kappa shape index (κ1) is 12.8. The Morgan fingerprint density at radius 3 is 2.83 bits per heavy atom. The van der Waals surface area contributed by atoms with E-state index in [2.05, 4.69) is 0 Å². The van der Waals surface area contributed by atoms with Crippen LogP contribution in [-0.2, 0) is 0 Å². The average molecular weight is 251 g/mol. The number of hydrogen-bond acceptors (Lipinski definition) is 3. The quantitative estimate of drug-likeness (QED) is 0.548. The largest absolute Gasteiger partial charge is 0.393 e. The van der Waals surface area contributed by atoms with E-state index in [9.17, 15) is 9.50 Å². The van der Waals surface area contributed by atoms with Crippen LogP contribution in [0.4, 0.5) is 10.1 Å². The molecule has 0 aliphatic carbocycles.